The van der Waals surface area contributed by atoms with E-state index in [0.717, 1.165) is 12.1 Å². The largest absolute Gasteiger partial charge is 0.481 e. The van der Waals surface area contributed by atoms with Gasteiger partial charge in [0.2, 0.25) is 10.0 Å². The van der Waals surface area contributed by atoms with E-state index < -0.39 is 32.6 Å². The summed E-state index contributed by atoms with van der Waals surface area (Å²) in [4.78, 5) is 10.1. The lowest BCUT2D eigenvalue weighted by Crippen LogP contribution is -2.27. The maximum absolute atomic E-state index is 13.5. The molecule has 0 aromatic heterocycles. The van der Waals surface area contributed by atoms with Crippen LogP contribution in [0.1, 0.15) is 13.3 Å². The maximum Gasteiger partial charge on any atom is 0.306 e. The topological polar surface area (TPSA) is 83.5 Å². The Balaban J connectivity index is 2.74. The summed E-state index contributed by atoms with van der Waals surface area (Å²) < 4.78 is 39.7. The standard InChI is InChI=1S/C11H13BrFNO4S/c1-7(11(15)16)4-5-14-19(17,18)10-3-2-8(12)6-9(10)13/h2-3,6-7,14H,4-5H2,1H3,(H,15,16). The molecular formula is C11H13BrFNO4S. The van der Waals surface area contributed by atoms with Crippen LogP contribution in [0.25, 0.3) is 0 Å². The molecule has 1 aromatic carbocycles. The van der Waals surface area contributed by atoms with Gasteiger partial charge in [0, 0.05) is 11.0 Å². The van der Waals surface area contributed by atoms with Crippen molar-refractivity contribution < 1.29 is 22.7 Å². The second kappa shape index (κ2) is 6.44. The first-order valence-electron chi connectivity index (χ1n) is 5.41. The first-order valence-corrected chi connectivity index (χ1v) is 7.69. The number of carbonyl (C=O) groups is 1. The molecule has 5 nitrogen and oxygen atoms in total. The van der Waals surface area contributed by atoms with Crippen LogP contribution in [0.3, 0.4) is 0 Å². The predicted molar refractivity (Wildman–Crippen MR) is 70.7 cm³/mol. The quantitative estimate of drug-likeness (QED) is 0.818. The third-order valence-electron chi connectivity index (χ3n) is 2.47. The van der Waals surface area contributed by atoms with Gasteiger partial charge in [-0.3, -0.25) is 4.79 Å². The molecule has 0 saturated heterocycles. The average molecular weight is 354 g/mol. The molecular weight excluding hydrogens is 341 g/mol. The highest BCUT2D eigenvalue weighted by atomic mass is 79.9. The van der Waals surface area contributed by atoms with Gasteiger partial charge in [0.15, 0.2) is 0 Å². The minimum absolute atomic E-state index is 0.0642. The summed E-state index contributed by atoms with van der Waals surface area (Å²) in [6.45, 7) is 1.40. The van der Waals surface area contributed by atoms with Gasteiger partial charge in [0.05, 0.1) is 5.92 Å². The third-order valence-corrected chi connectivity index (χ3v) is 4.46. The van der Waals surface area contributed by atoms with Gasteiger partial charge >= 0.3 is 5.97 Å². The average Bonchev–Trinajstić information content (AvgIpc) is 2.27. The van der Waals surface area contributed by atoms with E-state index in [9.17, 15) is 17.6 Å². The van der Waals surface area contributed by atoms with Gasteiger partial charge in [-0.1, -0.05) is 22.9 Å². The number of halogens is 2. The van der Waals surface area contributed by atoms with Gasteiger partial charge in [0.25, 0.3) is 0 Å². The van der Waals surface area contributed by atoms with Gasteiger partial charge in [-0.25, -0.2) is 17.5 Å². The van der Waals surface area contributed by atoms with Gasteiger partial charge in [0.1, 0.15) is 10.7 Å². The number of hydrogen-bond donors (Lipinski definition) is 2. The number of carboxylic acids is 1. The minimum atomic E-state index is -3.97. The summed E-state index contributed by atoms with van der Waals surface area (Å²) in [6.07, 6.45) is 0.132. The third kappa shape index (κ3) is 4.55. The van der Waals surface area contributed by atoms with Crippen molar-refractivity contribution in [3.05, 3.63) is 28.5 Å². The highest BCUT2D eigenvalue weighted by Gasteiger charge is 2.19. The molecule has 106 valence electrons. The first kappa shape index (κ1) is 16.1. The van der Waals surface area contributed by atoms with E-state index in [-0.39, 0.29) is 13.0 Å². The molecule has 0 aliphatic carbocycles. The molecule has 0 bridgehead atoms. The Labute approximate surface area is 119 Å². The van der Waals surface area contributed by atoms with E-state index in [1.165, 1.54) is 13.0 Å². The summed E-state index contributed by atoms with van der Waals surface area (Å²) in [5, 5.41) is 8.66. The molecule has 1 unspecified atom stereocenters. The summed E-state index contributed by atoms with van der Waals surface area (Å²) in [5.74, 6) is -2.54. The number of benzene rings is 1. The summed E-state index contributed by atoms with van der Waals surface area (Å²) >= 11 is 3.03. The Morgan fingerprint density at radius 3 is 2.68 bits per heavy atom. The van der Waals surface area contributed by atoms with Gasteiger partial charge in [-0.05, 0) is 24.6 Å². The van der Waals surface area contributed by atoms with Gasteiger partial charge < -0.3 is 5.11 Å². The van der Waals surface area contributed by atoms with Crippen molar-refractivity contribution >= 4 is 31.9 Å². The van der Waals surface area contributed by atoms with Crippen LogP contribution in [0.2, 0.25) is 0 Å². The monoisotopic (exact) mass is 353 g/mol. The van der Waals surface area contributed by atoms with Crippen LogP contribution in [0.15, 0.2) is 27.6 Å². The van der Waals surface area contributed by atoms with Crippen molar-refractivity contribution in [3.63, 3.8) is 0 Å². The summed E-state index contributed by atoms with van der Waals surface area (Å²) in [6, 6.07) is 3.61. The highest BCUT2D eigenvalue weighted by molar-refractivity contribution is 9.10. The number of rotatable bonds is 6. The zero-order valence-corrected chi connectivity index (χ0v) is 12.5. The Hall–Kier alpha value is -0.990. The molecule has 1 aromatic rings. The molecule has 2 N–H and O–H groups in total. The van der Waals surface area contributed by atoms with Gasteiger partial charge in [-0.2, -0.15) is 0 Å². The zero-order valence-electron chi connectivity index (χ0n) is 10.1. The summed E-state index contributed by atoms with van der Waals surface area (Å²) in [5.41, 5.74) is 0. The molecule has 0 amide bonds. The fourth-order valence-electron chi connectivity index (χ4n) is 1.30. The molecule has 0 heterocycles. The highest BCUT2D eigenvalue weighted by Crippen LogP contribution is 2.19. The van der Waals surface area contributed by atoms with E-state index in [2.05, 4.69) is 20.7 Å². The number of carboxylic acid groups (broad SMARTS) is 1. The molecule has 1 rings (SSSR count). The second-order valence-electron chi connectivity index (χ2n) is 4.00. The molecule has 0 radical (unpaired) electrons. The lowest BCUT2D eigenvalue weighted by atomic mass is 10.1. The Morgan fingerprint density at radius 1 is 1.53 bits per heavy atom. The molecule has 0 aliphatic rings. The fraction of sp³-hybridized carbons (Fsp3) is 0.364. The lowest BCUT2D eigenvalue weighted by molar-refractivity contribution is -0.141. The van der Waals surface area contributed by atoms with Crippen LogP contribution in [0, 0.1) is 11.7 Å². The zero-order chi connectivity index (χ0) is 14.6. The number of nitrogens with one attached hydrogen (secondary N) is 1. The lowest BCUT2D eigenvalue weighted by Gasteiger charge is -2.09. The SMILES string of the molecule is CC(CCNS(=O)(=O)c1ccc(Br)cc1F)C(=O)O. The van der Waals surface area contributed by atoms with E-state index in [0.29, 0.717) is 4.47 Å². The molecule has 8 heteroatoms. The summed E-state index contributed by atoms with van der Waals surface area (Å²) in [7, 11) is -3.97. The number of aliphatic carboxylic acids is 1. The smallest absolute Gasteiger partial charge is 0.306 e. The van der Waals surface area contributed by atoms with Crippen LogP contribution in [0.5, 0.6) is 0 Å². The first-order chi connectivity index (χ1) is 8.74. The van der Waals surface area contributed by atoms with E-state index in [4.69, 9.17) is 5.11 Å². The Morgan fingerprint density at radius 2 is 2.16 bits per heavy atom. The van der Waals surface area contributed by atoms with Crippen LogP contribution in [-0.2, 0) is 14.8 Å². The van der Waals surface area contributed by atoms with Crippen LogP contribution >= 0.6 is 15.9 Å². The second-order valence-corrected chi connectivity index (χ2v) is 6.65. The fourth-order valence-corrected chi connectivity index (χ4v) is 2.74. The minimum Gasteiger partial charge on any atom is -0.481 e. The van der Waals surface area contributed by atoms with Crippen molar-refractivity contribution in [2.45, 2.75) is 18.2 Å². The molecule has 1 atom stereocenters. The van der Waals surface area contributed by atoms with Crippen LogP contribution in [-0.4, -0.2) is 26.0 Å². The van der Waals surface area contributed by atoms with E-state index >= 15 is 0 Å². The van der Waals surface area contributed by atoms with E-state index in [1.54, 1.807) is 0 Å². The molecule has 0 spiro atoms. The van der Waals surface area contributed by atoms with Crippen LogP contribution < -0.4 is 4.72 Å². The normalized spacial score (nSPS) is 13.2. The number of hydrogen-bond acceptors (Lipinski definition) is 3. The van der Waals surface area contributed by atoms with Crippen molar-refractivity contribution in [1.29, 1.82) is 0 Å². The van der Waals surface area contributed by atoms with Crippen LogP contribution in [0.4, 0.5) is 4.39 Å². The Bertz CT molecular complexity index is 576. The molecule has 19 heavy (non-hydrogen) atoms. The van der Waals surface area contributed by atoms with Gasteiger partial charge in [-0.15, -0.1) is 0 Å². The molecule has 0 aliphatic heterocycles. The Kier molecular flexibility index (Phi) is 5.45. The molecule has 0 saturated carbocycles. The van der Waals surface area contributed by atoms with Crippen molar-refractivity contribution in [3.8, 4) is 0 Å². The molecule has 0 fully saturated rings. The van der Waals surface area contributed by atoms with Crippen molar-refractivity contribution in [1.82, 2.24) is 4.72 Å². The van der Waals surface area contributed by atoms with E-state index in [1.807, 2.05) is 0 Å². The number of sulfonamides is 1. The van der Waals surface area contributed by atoms with Crippen molar-refractivity contribution in [2.75, 3.05) is 6.54 Å². The van der Waals surface area contributed by atoms with Crippen molar-refractivity contribution in [2.24, 2.45) is 5.92 Å². The maximum atomic E-state index is 13.5. The predicted octanol–water partition coefficient (Wildman–Crippen LogP) is 1.98.